The van der Waals surface area contributed by atoms with Crippen LogP contribution in [0.4, 0.5) is 0 Å². The molecular formula is C24H29NO3S. The minimum Gasteiger partial charge on any atom is -0.506 e. The number of hydrogen-bond acceptors (Lipinski definition) is 4. The van der Waals surface area contributed by atoms with Gasteiger partial charge in [0.15, 0.2) is 0 Å². The number of rotatable bonds is 6. The Hall–Kier alpha value is -1.85. The summed E-state index contributed by atoms with van der Waals surface area (Å²) in [5, 5.41) is 27.6. The number of fused-ring (bicyclic) bond motifs is 2. The number of nitrogens with one attached hydrogen (secondary N) is 1. The monoisotopic (exact) mass is 411 g/mol. The Morgan fingerprint density at radius 2 is 1.90 bits per heavy atom. The molecule has 4 unspecified atom stereocenters. The van der Waals surface area contributed by atoms with Crippen LogP contribution in [0.3, 0.4) is 0 Å². The van der Waals surface area contributed by atoms with Crippen LogP contribution in [0.5, 0.6) is 5.75 Å². The summed E-state index contributed by atoms with van der Waals surface area (Å²) in [4.78, 5) is 13.6. The number of hydrogen-bond donors (Lipinski definition) is 3. The van der Waals surface area contributed by atoms with Crippen molar-refractivity contribution in [2.24, 2.45) is 11.8 Å². The van der Waals surface area contributed by atoms with E-state index in [1.54, 1.807) is 0 Å². The molecular weight excluding hydrogens is 382 g/mol. The fourth-order valence-electron chi connectivity index (χ4n) is 6.32. The molecule has 2 bridgehead atoms. The Bertz CT molecular complexity index is 869. The van der Waals surface area contributed by atoms with E-state index >= 15 is 0 Å². The van der Waals surface area contributed by atoms with Gasteiger partial charge in [-0.2, -0.15) is 0 Å². The average molecular weight is 412 g/mol. The molecule has 4 nitrogen and oxygen atoms in total. The van der Waals surface area contributed by atoms with E-state index in [2.05, 4.69) is 10.7 Å². The van der Waals surface area contributed by atoms with Crippen LogP contribution in [0.2, 0.25) is 0 Å². The highest BCUT2D eigenvalue weighted by Crippen LogP contribution is 2.54. The second-order valence-electron chi connectivity index (χ2n) is 9.17. The number of thiophene rings is 1. The van der Waals surface area contributed by atoms with Gasteiger partial charge >= 0.3 is 5.97 Å². The normalized spacial score (nSPS) is 28.6. The highest BCUT2D eigenvalue weighted by molar-refractivity contribution is 7.10. The summed E-state index contributed by atoms with van der Waals surface area (Å²) in [6.45, 7) is 1.01. The maximum atomic E-state index is 12.9. The lowest BCUT2D eigenvalue weighted by Crippen LogP contribution is -2.43. The average Bonchev–Trinajstić information content (AvgIpc) is 3.52. The number of carboxylic acids is 1. The molecule has 0 amide bonds. The van der Waals surface area contributed by atoms with E-state index in [1.807, 2.05) is 30.3 Å². The molecule has 1 saturated heterocycles. The fourth-order valence-corrected chi connectivity index (χ4v) is 7.60. The molecule has 2 aromatic rings. The zero-order valence-corrected chi connectivity index (χ0v) is 17.5. The van der Waals surface area contributed by atoms with Crippen LogP contribution in [0.1, 0.15) is 60.4 Å². The van der Waals surface area contributed by atoms with Crippen molar-refractivity contribution in [3.05, 3.63) is 51.7 Å². The lowest BCUT2D eigenvalue weighted by atomic mass is 9.68. The molecule has 1 aromatic heterocycles. The summed E-state index contributed by atoms with van der Waals surface area (Å²) < 4.78 is 0. The number of benzene rings is 1. The zero-order valence-electron chi connectivity index (χ0n) is 16.6. The quantitative estimate of drug-likeness (QED) is 0.646. The van der Waals surface area contributed by atoms with Crippen LogP contribution in [0.25, 0.3) is 0 Å². The van der Waals surface area contributed by atoms with Crippen molar-refractivity contribution < 1.29 is 15.0 Å². The molecule has 154 valence electrons. The number of carboxylic acid groups (broad SMARTS) is 1. The van der Waals surface area contributed by atoms with Gasteiger partial charge in [-0.05, 0) is 61.4 Å². The van der Waals surface area contributed by atoms with E-state index in [0.29, 0.717) is 29.2 Å². The molecule has 0 radical (unpaired) electrons. The van der Waals surface area contributed by atoms with Gasteiger partial charge in [-0.3, -0.25) is 4.79 Å². The predicted molar refractivity (Wildman–Crippen MR) is 115 cm³/mol. The molecule has 29 heavy (non-hydrogen) atoms. The Labute approximate surface area is 176 Å². The minimum absolute atomic E-state index is 0.0658. The van der Waals surface area contributed by atoms with Gasteiger partial charge in [0.05, 0.1) is 4.88 Å². The van der Waals surface area contributed by atoms with Gasteiger partial charge in [-0.1, -0.05) is 43.2 Å². The van der Waals surface area contributed by atoms with Crippen LogP contribution >= 0.6 is 11.3 Å². The molecule has 3 N–H and O–H groups in total. The molecule has 2 aliphatic carbocycles. The SMILES string of the molecule is O=C(O)C(Cc1ccccc1)(c1scc(C2C3CCC2NC3)c1O)C1CCCC1. The molecule has 5 rings (SSSR count). The van der Waals surface area contributed by atoms with Crippen LogP contribution in [0.15, 0.2) is 35.7 Å². The van der Waals surface area contributed by atoms with Gasteiger partial charge in [0.2, 0.25) is 0 Å². The molecule has 2 heterocycles. The molecule has 1 aromatic carbocycles. The van der Waals surface area contributed by atoms with Crippen molar-refractivity contribution in [3.63, 3.8) is 0 Å². The van der Waals surface area contributed by atoms with Gasteiger partial charge in [-0.15, -0.1) is 11.3 Å². The second-order valence-corrected chi connectivity index (χ2v) is 10.0. The molecule has 3 aliphatic rings. The zero-order chi connectivity index (χ0) is 20.0. The third kappa shape index (κ3) is 3.01. The topological polar surface area (TPSA) is 69.6 Å². The molecule has 2 saturated carbocycles. The Balaban J connectivity index is 1.60. The molecule has 4 atom stereocenters. The van der Waals surface area contributed by atoms with Gasteiger partial charge < -0.3 is 15.5 Å². The second kappa shape index (κ2) is 7.44. The largest absolute Gasteiger partial charge is 0.506 e. The summed E-state index contributed by atoms with van der Waals surface area (Å²) in [7, 11) is 0. The standard InChI is InChI=1S/C24H29NO3S/c26-21-18(20-16-10-11-19(20)25-13-16)14-29-22(21)24(23(27)28,17-8-4-5-9-17)12-15-6-2-1-3-7-15/h1-3,6-7,14,16-17,19-20,25-26H,4-5,8-13H2,(H,27,28). The highest BCUT2D eigenvalue weighted by Gasteiger charge is 2.52. The van der Waals surface area contributed by atoms with Crippen molar-refractivity contribution in [1.82, 2.24) is 5.32 Å². The van der Waals surface area contributed by atoms with Crippen molar-refractivity contribution in [3.8, 4) is 5.75 Å². The van der Waals surface area contributed by atoms with Gasteiger partial charge in [0, 0.05) is 17.5 Å². The molecule has 5 heteroatoms. The van der Waals surface area contributed by atoms with E-state index in [0.717, 1.165) is 49.8 Å². The minimum atomic E-state index is -1.05. The Morgan fingerprint density at radius 3 is 2.48 bits per heavy atom. The van der Waals surface area contributed by atoms with Gasteiger partial charge in [0.25, 0.3) is 0 Å². The first-order valence-corrected chi connectivity index (χ1v) is 11.8. The predicted octanol–water partition coefficient (Wildman–Crippen LogP) is 4.67. The smallest absolute Gasteiger partial charge is 0.315 e. The van der Waals surface area contributed by atoms with Crippen molar-refractivity contribution >= 4 is 17.3 Å². The fraction of sp³-hybridized carbons (Fsp3) is 0.542. The Kier molecular flexibility index (Phi) is 4.91. The van der Waals surface area contributed by atoms with E-state index in [4.69, 9.17) is 0 Å². The molecule has 3 fully saturated rings. The van der Waals surface area contributed by atoms with Crippen molar-refractivity contribution in [2.75, 3.05) is 6.54 Å². The van der Waals surface area contributed by atoms with Crippen LogP contribution < -0.4 is 5.32 Å². The maximum absolute atomic E-state index is 12.9. The van der Waals surface area contributed by atoms with Crippen molar-refractivity contribution in [2.45, 2.75) is 62.3 Å². The van der Waals surface area contributed by atoms with Crippen LogP contribution in [-0.2, 0) is 16.6 Å². The van der Waals surface area contributed by atoms with E-state index < -0.39 is 11.4 Å². The third-order valence-corrected chi connectivity index (χ3v) is 8.91. The maximum Gasteiger partial charge on any atom is 0.315 e. The van der Waals surface area contributed by atoms with E-state index in [1.165, 1.54) is 17.8 Å². The first-order chi connectivity index (χ1) is 14.1. The van der Waals surface area contributed by atoms with Crippen LogP contribution in [0, 0.1) is 11.8 Å². The summed E-state index contributed by atoms with van der Waals surface area (Å²) in [6, 6.07) is 10.4. The Morgan fingerprint density at radius 1 is 1.14 bits per heavy atom. The van der Waals surface area contributed by atoms with Gasteiger partial charge in [-0.25, -0.2) is 0 Å². The van der Waals surface area contributed by atoms with Gasteiger partial charge in [0.1, 0.15) is 11.2 Å². The first kappa shape index (κ1) is 19.1. The molecule has 0 spiro atoms. The van der Waals surface area contributed by atoms with Crippen LogP contribution in [-0.4, -0.2) is 28.8 Å². The summed E-state index contributed by atoms with van der Waals surface area (Å²) in [5.41, 5.74) is 0.966. The highest BCUT2D eigenvalue weighted by atomic mass is 32.1. The van der Waals surface area contributed by atoms with E-state index in [-0.39, 0.29) is 11.7 Å². The lowest BCUT2D eigenvalue weighted by molar-refractivity contribution is -0.146. The van der Waals surface area contributed by atoms with E-state index in [9.17, 15) is 15.0 Å². The number of piperidine rings is 1. The third-order valence-electron chi connectivity index (χ3n) is 7.75. The first-order valence-electron chi connectivity index (χ1n) is 10.9. The summed E-state index contributed by atoms with van der Waals surface area (Å²) in [5.74, 6) is 0.436. The number of aliphatic carboxylic acids is 1. The number of aromatic hydroxyl groups is 1. The number of carbonyl (C=O) groups is 1. The summed E-state index contributed by atoms with van der Waals surface area (Å²) in [6.07, 6.45) is 6.77. The lowest BCUT2D eigenvalue weighted by Gasteiger charge is -2.35. The van der Waals surface area contributed by atoms with Crippen molar-refractivity contribution in [1.29, 1.82) is 0 Å². The molecule has 1 aliphatic heterocycles. The summed E-state index contributed by atoms with van der Waals surface area (Å²) >= 11 is 1.48.